The molecule has 10 nitrogen and oxygen atoms in total. The Balaban J connectivity index is 0.00000210. The van der Waals surface area contributed by atoms with Gasteiger partial charge in [0.05, 0.1) is 10.6 Å². The summed E-state index contributed by atoms with van der Waals surface area (Å²) in [6.07, 6.45) is 0. The van der Waals surface area contributed by atoms with E-state index in [1.807, 2.05) is 0 Å². The number of hydrogen-bond donors (Lipinski definition) is 3. The van der Waals surface area contributed by atoms with Gasteiger partial charge in [0.1, 0.15) is 10.6 Å². The van der Waals surface area contributed by atoms with Gasteiger partial charge in [0, 0.05) is 28.6 Å². The van der Waals surface area contributed by atoms with Crippen LogP contribution in [0.5, 0.6) is 5.75 Å². The first-order chi connectivity index (χ1) is 12.7. The number of benzene rings is 3. The summed E-state index contributed by atoms with van der Waals surface area (Å²) in [5.41, 5.74) is 5.54. The molecule has 0 atom stereocenters. The number of aromatic hydroxyl groups is 1. The van der Waals surface area contributed by atoms with Crippen LogP contribution in [0.1, 0.15) is 1.43 Å². The van der Waals surface area contributed by atoms with Gasteiger partial charge in [0.25, 0.3) is 15.8 Å². The molecule has 4 N–H and O–H groups in total. The summed E-state index contributed by atoms with van der Waals surface area (Å²) in [4.78, 5) is 9.40. The van der Waals surface area contributed by atoms with Crippen LogP contribution in [0.25, 0.3) is 10.8 Å². The number of phenolic OH excluding ortho intramolecular Hbond substituents is 1. The summed E-state index contributed by atoms with van der Waals surface area (Å²) in [5, 5.41) is 29.0. The molecule has 0 aliphatic carbocycles. The van der Waals surface area contributed by atoms with Crippen LogP contribution in [0.3, 0.4) is 0 Å². The molecule has 0 aromatic heterocycles. The SMILES string of the molecule is Nc1cccc2c(O)c(N=Nc3ccc([N+](=O)[O-])cc3)c(S(=O)(=O)O)cc12.[H-].[Na+]. The van der Waals surface area contributed by atoms with E-state index in [-0.39, 0.29) is 58.8 Å². The van der Waals surface area contributed by atoms with Gasteiger partial charge in [-0.2, -0.15) is 13.5 Å². The van der Waals surface area contributed by atoms with Crippen molar-refractivity contribution in [3.05, 3.63) is 58.6 Å². The predicted molar refractivity (Wildman–Crippen MR) is 98.2 cm³/mol. The number of fused-ring (bicyclic) bond motifs is 1. The number of rotatable bonds is 4. The van der Waals surface area contributed by atoms with Crippen molar-refractivity contribution in [3.8, 4) is 5.75 Å². The van der Waals surface area contributed by atoms with Crippen molar-refractivity contribution in [3.63, 3.8) is 0 Å². The monoisotopic (exact) mass is 412 g/mol. The minimum absolute atomic E-state index is 0. The number of nitro groups is 1. The second kappa shape index (κ2) is 8.20. The van der Waals surface area contributed by atoms with E-state index in [1.54, 1.807) is 6.07 Å². The number of nitro benzene ring substituents is 1. The van der Waals surface area contributed by atoms with Gasteiger partial charge in [-0.3, -0.25) is 14.7 Å². The molecular formula is C16H13N4NaO6S. The van der Waals surface area contributed by atoms with Gasteiger partial charge >= 0.3 is 29.6 Å². The standard InChI is InChI=1S/C16H12N4O6S.Na.H/c17-13-3-1-2-11-12(13)8-14(27(24,25)26)15(16(11)21)19-18-9-4-6-10(7-5-9)20(22)23;;/h1-8,21H,17H2,(H,24,25,26);;/q;+1;-1. The van der Waals surface area contributed by atoms with Crippen molar-refractivity contribution >= 4 is 43.6 Å². The molecule has 0 fully saturated rings. The molecule has 0 bridgehead atoms. The van der Waals surface area contributed by atoms with Crippen molar-refractivity contribution in [2.75, 3.05) is 5.73 Å². The van der Waals surface area contributed by atoms with Crippen LogP contribution in [0.2, 0.25) is 0 Å². The first-order valence-electron chi connectivity index (χ1n) is 7.36. The Kier molecular flexibility index (Phi) is 6.37. The summed E-state index contributed by atoms with van der Waals surface area (Å²) >= 11 is 0. The topological polar surface area (TPSA) is 168 Å². The van der Waals surface area contributed by atoms with Crippen molar-refractivity contribution in [2.24, 2.45) is 10.2 Å². The third-order valence-corrected chi connectivity index (χ3v) is 4.60. The van der Waals surface area contributed by atoms with Crippen LogP contribution in [-0.2, 0) is 10.1 Å². The molecule has 0 amide bonds. The fourth-order valence-corrected chi connectivity index (χ4v) is 3.08. The van der Waals surface area contributed by atoms with E-state index in [0.29, 0.717) is 0 Å². The molecule has 0 aliphatic rings. The first kappa shape index (κ1) is 21.7. The zero-order valence-electron chi connectivity index (χ0n) is 15.5. The number of nitrogens with two attached hydrogens (primary N) is 1. The van der Waals surface area contributed by atoms with Gasteiger partial charge in [-0.1, -0.05) is 12.1 Å². The Hall–Kier alpha value is -2.57. The summed E-state index contributed by atoms with van der Waals surface area (Å²) < 4.78 is 32.9. The molecule has 0 spiro atoms. The Morgan fingerprint density at radius 3 is 2.29 bits per heavy atom. The number of phenols is 1. The quantitative estimate of drug-likeness (QED) is 0.142. The molecule has 3 aromatic rings. The fraction of sp³-hybridized carbons (Fsp3) is 0. The Morgan fingerprint density at radius 2 is 1.71 bits per heavy atom. The molecule has 0 saturated heterocycles. The molecular weight excluding hydrogens is 399 g/mol. The number of nitrogen functional groups attached to an aromatic ring is 1. The molecule has 0 aliphatic heterocycles. The molecule has 28 heavy (non-hydrogen) atoms. The van der Waals surface area contributed by atoms with Gasteiger partial charge in [0.2, 0.25) is 0 Å². The number of non-ortho nitro benzene ring substituents is 1. The van der Waals surface area contributed by atoms with E-state index in [9.17, 15) is 28.2 Å². The smallest absolute Gasteiger partial charge is 1.00 e. The predicted octanol–water partition coefficient (Wildman–Crippen LogP) is 0.814. The van der Waals surface area contributed by atoms with E-state index in [2.05, 4.69) is 10.2 Å². The van der Waals surface area contributed by atoms with Gasteiger partial charge in [0.15, 0.2) is 5.75 Å². The summed E-state index contributed by atoms with van der Waals surface area (Å²) in [5.74, 6) is -0.530. The Bertz CT molecular complexity index is 1200. The van der Waals surface area contributed by atoms with Crippen molar-refractivity contribution in [1.82, 2.24) is 0 Å². The number of hydrogen-bond acceptors (Lipinski definition) is 8. The van der Waals surface area contributed by atoms with Crippen LogP contribution < -0.4 is 35.3 Å². The molecule has 0 unspecified atom stereocenters. The normalized spacial score (nSPS) is 11.5. The summed E-state index contributed by atoms with van der Waals surface area (Å²) in [7, 11) is -4.75. The van der Waals surface area contributed by atoms with Crippen LogP contribution in [-0.4, -0.2) is 23.0 Å². The van der Waals surface area contributed by atoms with Crippen LogP contribution >= 0.6 is 0 Å². The molecule has 3 rings (SSSR count). The average molecular weight is 412 g/mol. The fourth-order valence-electron chi connectivity index (χ4n) is 2.44. The van der Waals surface area contributed by atoms with Crippen LogP contribution in [0, 0.1) is 10.1 Å². The van der Waals surface area contributed by atoms with Gasteiger partial charge in [-0.05, 0) is 24.3 Å². The maximum atomic E-state index is 11.7. The Labute approximate surface area is 182 Å². The van der Waals surface area contributed by atoms with Gasteiger partial charge in [-0.25, -0.2) is 0 Å². The number of nitrogens with zero attached hydrogens (tertiary/aromatic N) is 3. The van der Waals surface area contributed by atoms with Gasteiger partial charge in [-0.15, -0.1) is 5.11 Å². The van der Waals surface area contributed by atoms with Gasteiger partial charge < -0.3 is 12.3 Å². The van der Waals surface area contributed by atoms with Crippen LogP contribution in [0.4, 0.5) is 22.7 Å². The Morgan fingerprint density at radius 1 is 1.07 bits per heavy atom. The van der Waals surface area contributed by atoms with Crippen molar-refractivity contribution < 1.29 is 54.0 Å². The molecule has 12 heteroatoms. The van der Waals surface area contributed by atoms with E-state index in [4.69, 9.17) is 5.73 Å². The van der Waals surface area contributed by atoms with Crippen molar-refractivity contribution in [1.29, 1.82) is 0 Å². The second-order valence-electron chi connectivity index (χ2n) is 5.46. The van der Waals surface area contributed by atoms with Crippen LogP contribution in [0.15, 0.2) is 63.7 Å². The average Bonchev–Trinajstić information content (AvgIpc) is 2.61. The summed E-state index contributed by atoms with van der Waals surface area (Å²) in [6.45, 7) is 0. The largest absolute Gasteiger partial charge is 1.00 e. The van der Waals surface area contributed by atoms with E-state index in [0.717, 1.165) is 6.07 Å². The molecule has 3 aromatic carbocycles. The van der Waals surface area contributed by atoms with E-state index >= 15 is 0 Å². The van der Waals surface area contributed by atoms with E-state index in [1.165, 1.54) is 36.4 Å². The zero-order chi connectivity index (χ0) is 19.8. The second-order valence-corrected chi connectivity index (χ2v) is 6.85. The zero-order valence-corrected chi connectivity index (χ0v) is 17.3. The molecule has 0 saturated carbocycles. The molecule has 140 valence electrons. The maximum Gasteiger partial charge on any atom is 1.00 e. The minimum atomic E-state index is -4.75. The summed E-state index contributed by atoms with van der Waals surface area (Å²) in [6, 6.07) is 10.6. The third-order valence-electron chi connectivity index (χ3n) is 3.73. The maximum absolute atomic E-state index is 11.7. The molecule has 0 radical (unpaired) electrons. The third kappa shape index (κ3) is 4.29. The number of azo groups is 1. The minimum Gasteiger partial charge on any atom is -1.00 e. The first-order valence-corrected chi connectivity index (χ1v) is 8.80. The van der Waals surface area contributed by atoms with E-state index < -0.39 is 31.4 Å². The number of anilines is 1. The van der Waals surface area contributed by atoms with Crippen molar-refractivity contribution in [2.45, 2.75) is 4.90 Å². The molecule has 0 heterocycles.